The van der Waals surface area contributed by atoms with E-state index in [-0.39, 0.29) is 23.8 Å². The molecule has 1 amide bonds. The summed E-state index contributed by atoms with van der Waals surface area (Å²) in [6.07, 6.45) is -1.42. The van der Waals surface area contributed by atoms with Gasteiger partial charge in [-0.25, -0.2) is 0 Å². The molecule has 2 heterocycles. The fraction of sp³-hybridized carbons (Fsp3) is 0.536. The summed E-state index contributed by atoms with van der Waals surface area (Å²) in [7, 11) is 1.55. The molecule has 0 unspecified atom stereocenters. The van der Waals surface area contributed by atoms with E-state index in [2.05, 4.69) is 27.2 Å². The first-order valence-corrected chi connectivity index (χ1v) is 13.4. The van der Waals surface area contributed by atoms with Crippen LogP contribution in [0.15, 0.2) is 48.5 Å². The molecule has 0 aromatic heterocycles. The van der Waals surface area contributed by atoms with Crippen LogP contribution >= 0.6 is 11.8 Å². The van der Waals surface area contributed by atoms with E-state index in [0.29, 0.717) is 12.5 Å². The van der Waals surface area contributed by atoms with E-state index < -0.39 is 11.7 Å². The Balaban J connectivity index is 1.31. The lowest BCUT2D eigenvalue weighted by molar-refractivity contribution is -0.137. The molecule has 2 aromatic rings. The van der Waals surface area contributed by atoms with Crippen molar-refractivity contribution >= 4 is 23.4 Å². The van der Waals surface area contributed by atoms with E-state index in [1.807, 2.05) is 18.2 Å². The standard InChI is InChI=1S/C28H34ClF3N4O/c1-34(29)26(37)18-36-13-11-35(12-14-36)17-19-7-9-22-23(15-19)24-16-21(28(30,31)32)8-10-25(24)33-27(22)20-5-3-2-4-6-20/h2-6,8,10,16,19,22-23,27,33H,7,9,11-15,17-18H2,1H3/t19-,22+,23-,27-/m0/s1. The number of alkyl halides is 3. The second kappa shape index (κ2) is 10.8. The van der Waals surface area contributed by atoms with Gasteiger partial charge in [0.25, 0.3) is 5.91 Å². The summed E-state index contributed by atoms with van der Waals surface area (Å²) >= 11 is 5.76. The van der Waals surface area contributed by atoms with Crippen LogP contribution in [0.4, 0.5) is 18.9 Å². The number of benzene rings is 2. The van der Waals surface area contributed by atoms with Gasteiger partial charge >= 0.3 is 6.18 Å². The van der Waals surface area contributed by atoms with Crippen LogP contribution in [0.25, 0.3) is 0 Å². The Morgan fingerprint density at radius 3 is 2.43 bits per heavy atom. The van der Waals surface area contributed by atoms with E-state index in [9.17, 15) is 18.0 Å². The van der Waals surface area contributed by atoms with Crippen LogP contribution in [-0.4, -0.2) is 66.4 Å². The van der Waals surface area contributed by atoms with E-state index in [1.165, 1.54) is 17.7 Å². The molecule has 4 atom stereocenters. The maximum absolute atomic E-state index is 13.6. The molecule has 2 aromatic carbocycles. The number of rotatable bonds is 5. The lowest BCUT2D eigenvalue weighted by atomic mass is 9.65. The molecule has 9 heteroatoms. The summed E-state index contributed by atoms with van der Waals surface area (Å²) < 4.78 is 41.9. The number of nitrogens with one attached hydrogen (secondary N) is 1. The zero-order valence-electron chi connectivity index (χ0n) is 21.1. The Labute approximate surface area is 221 Å². The van der Waals surface area contributed by atoms with E-state index in [1.54, 1.807) is 13.1 Å². The SMILES string of the molecule is CN(Cl)C(=O)CN1CCN(C[C@H]2CC[C@@H]3[C@H](C2)c2cc(C(F)(F)F)ccc2N[C@H]3c2ccccc2)CC1. The van der Waals surface area contributed by atoms with Crippen molar-refractivity contribution in [3.05, 3.63) is 65.2 Å². The van der Waals surface area contributed by atoms with Crippen LogP contribution in [0.2, 0.25) is 0 Å². The molecule has 1 saturated carbocycles. The number of nitrogens with zero attached hydrogens (tertiary/aromatic N) is 3. The summed E-state index contributed by atoms with van der Waals surface area (Å²) in [5, 5.41) is 3.59. The Bertz CT molecular complexity index is 1090. The van der Waals surface area contributed by atoms with Gasteiger partial charge in [-0.15, -0.1) is 0 Å². The van der Waals surface area contributed by atoms with E-state index in [0.717, 1.165) is 67.7 Å². The maximum atomic E-state index is 13.6. The number of likely N-dealkylation sites (N-methyl/N-ethyl adjacent to an activating group) is 1. The van der Waals surface area contributed by atoms with Crippen molar-refractivity contribution in [3.8, 4) is 0 Å². The third kappa shape index (κ3) is 5.91. The molecular weight excluding hydrogens is 501 g/mol. The monoisotopic (exact) mass is 534 g/mol. The van der Waals surface area contributed by atoms with Gasteiger partial charge in [0.2, 0.25) is 0 Å². The number of halogens is 4. The first kappa shape index (κ1) is 26.3. The maximum Gasteiger partial charge on any atom is 0.416 e. The largest absolute Gasteiger partial charge is 0.416 e. The number of carbonyl (C=O) groups excluding carboxylic acids is 1. The van der Waals surface area contributed by atoms with Crippen molar-refractivity contribution < 1.29 is 18.0 Å². The van der Waals surface area contributed by atoms with Crippen molar-refractivity contribution in [2.45, 2.75) is 37.4 Å². The highest BCUT2D eigenvalue weighted by Gasteiger charge is 2.43. The summed E-state index contributed by atoms with van der Waals surface area (Å²) in [6.45, 7) is 4.66. The predicted octanol–water partition coefficient (Wildman–Crippen LogP) is 5.60. The van der Waals surface area contributed by atoms with Crippen LogP contribution in [0, 0.1) is 11.8 Å². The van der Waals surface area contributed by atoms with E-state index in [4.69, 9.17) is 11.8 Å². The van der Waals surface area contributed by atoms with Crippen LogP contribution in [0.5, 0.6) is 0 Å². The molecule has 1 N–H and O–H groups in total. The fourth-order valence-electron chi connectivity index (χ4n) is 6.43. The molecule has 0 radical (unpaired) electrons. The minimum absolute atomic E-state index is 0.0840. The minimum Gasteiger partial charge on any atom is -0.378 e. The summed E-state index contributed by atoms with van der Waals surface area (Å²) in [5.74, 6) is 0.662. The molecular formula is C28H34ClF3N4O. The zero-order chi connectivity index (χ0) is 26.2. The smallest absolute Gasteiger partial charge is 0.378 e. The third-order valence-electron chi connectivity index (χ3n) is 8.37. The quantitative estimate of drug-likeness (QED) is 0.507. The van der Waals surface area contributed by atoms with Gasteiger partial charge in [-0.05, 0) is 66.3 Å². The highest BCUT2D eigenvalue weighted by molar-refractivity contribution is 6.21. The predicted molar refractivity (Wildman–Crippen MR) is 139 cm³/mol. The second-order valence-electron chi connectivity index (χ2n) is 10.7. The Hall–Kier alpha value is -2.29. The van der Waals surface area contributed by atoms with Gasteiger partial charge < -0.3 is 10.2 Å². The molecule has 0 spiro atoms. The summed E-state index contributed by atoms with van der Waals surface area (Å²) in [4.78, 5) is 16.5. The summed E-state index contributed by atoms with van der Waals surface area (Å²) in [6, 6.07) is 14.6. The zero-order valence-corrected chi connectivity index (χ0v) is 21.8. The number of hydrogen-bond donors (Lipinski definition) is 1. The lowest BCUT2D eigenvalue weighted by Crippen LogP contribution is -2.50. The highest BCUT2D eigenvalue weighted by Crippen LogP contribution is 2.53. The lowest BCUT2D eigenvalue weighted by Gasteiger charge is -2.47. The van der Waals surface area contributed by atoms with Gasteiger partial charge in [-0.1, -0.05) is 30.3 Å². The minimum atomic E-state index is -4.35. The normalized spacial score (nSPS) is 26.6. The number of fused-ring (bicyclic) bond motifs is 3. The molecule has 200 valence electrons. The number of carbonyl (C=O) groups is 1. The first-order chi connectivity index (χ1) is 17.7. The Morgan fingerprint density at radius 2 is 1.76 bits per heavy atom. The van der Waals surface area contributed by atoms with Gasteiger partial charge in [0.05, 0.1) is 18.2 Å². The topological polar surface area (TPSA) is 38.8 Å². The molecule has 2 fully saturated rings. The molecule has 5 nitrogen and oxygen atoms in total. The molecule has 0 bridgehead atoms. The third-order valence-corrected chi connectivity index (χ3v) is 8.56. The average molecular weight is 535 g/mol. The summed E-state index contributed by atoms with van der Waals surface area (Å²) in [5.41, 5.74) is 2.26. The van der Waals surface area contributed by atoms with Gasteiger partial charge in [0, 0.05) is 57.2 Å². The van der Waals surface area contributed by atoms with Crippen molar-refractivity contribution in [1.29, 1.82) is 0 Å². The van der Waals surface area contributed by atoms with Crippen LogP contribution < -0.4 is 5.32 Å². The second-order valence-corrected chi connectivity index (χ2v) is 11.2. The Morgan fingerprint density at radius 1 is 1.05 bits per heavy atom. The molecule has 5 rings (SSSR count). The van der Waals surface area contributed by atoms with Crippen LogP contribution in [0.3, 0.4) is 0 Å². The van der Waals surface area contributed by atoms with Crippen LogP contribution in [-0.2, 0) is 11.0 Å². The molecule has 2 aliphatic heterocycles. The number of hydrogen-bond acceptors (Lipinski definition) is 4. The molecule has 1 aliphatic carbocycles. The first-order valence-electron chi connectivity index (χ1n) is 13.1. The van der Waals surface area contributed by atoms with Crippen molar-refractivity contribution in [1.82, 2.24) is 14.2 Å². The van der Waals surface area contributed by atoms with Crippen molar-refractivity contribution in [2.75, 3.05) is 51.6 Å². The molecule has 37 heavy (non-hydrogen) atoms. The number of piperazine rings is 1. The fourth-order valence-corrected chi connectivity index (χ4v) is 6.48. The number of amides is 1. The van der Waals surface area contributed by atoms with E-state index >= 15 is 0 Å². The average Bonchev–Trinajstić information content (AvgIpc) is 2.89. The van der Waals surface area contributed by atoms with Gasteiger partial charge in [0.1, 0.15) is 0 Å². The highest BCUT2D eigenvalue weighted by atomic mass is 35.5. The van der Waals surface area contributed by atoms with Gasteiger partial charge in [-0.2, -0.15) is 13.2 Å². The number of anilines is 1. The van der Waals surface area contributed by atoms with Crippen molar-refractivity contribution in [3.63, 3.8) is 0 Å². The van der Waals surface area contributed by atoms with Crippen molar-refractivity contribution in [2.24, 2.45) is 11.8 Å². The van der Waals surface area contributed by atoms with Gasteiger partial charge in [0.15, 0.2) is 0 Å². The molecule has 3 aliphatic rings. The Kier molecular flexibility index (Phi) is 7.70. The van der Waals surface area contributed by atoms with Gasteiger partial charge in [-0.3, -0.25) is 14.1 Å². The molecule has 1 saturated heterocycles. The van der Waals surface area contributed by atoms with Crippen LogP contribution in [0.1, 0.15) is 47.9 Å².